The van der Waals surface area contributed by atoms with Gasteiger partial charge in [0.25, 0.3) is 5.79 Å². The molecule has 66 valence electrons. The molecule has 4 heteroatoms. The second kappa shape index (κ2) is 2.42. The highest BCUT2D eigenvalue weighted by molar-refractivity contribution is 6.23. The number of allylic oxidation sites excluding steroid dienone is 1. The molecule has 0 bridgehead atoms. The zero-order chi connectivity index (χ0) is 9.52. The van der Waals surface area contributed by atoms with Gasteiger partial charge in [0.15, 0.2) is 5.78 Å². The SMILES string of the molecule is CC(=O)C1=C(C)OC(C)(O)C1=O. The van der Waals surface area contributed by atoms with E-state index in [4.69, 9.17) is 4.74 Å². The normalized spacial score (nSPS) is 29.2. The summed E-state index contributed by atoms with van der Waals surface area (Å²) in [5, 5.41) is 9.29. The summed E-state index contributed by atoms with van der Waals surface area (Å²) in [6.07, 6.45) is 0. The van der Waals surface area contributed by atoms with E-state index in [2.05, 4.69) is 0 Å². The predicted octanol–water partition coefficient (Wildman–Crippen LogP) is 0.157. The van der Waals surface area contributed by atoms with Gasteiger partial charge >= 0.3 is 0 Å². The van der Waals surface area contributed by atoms with Gasteiger partial charge in [0.05, 0.1) is 0 Å². The Kier molecular flexibility index (Phi) is 1.80. The van der Waals surface area contributed by atoms with E-state index in [1.165, 1.54) is 20.8 Å². The van der Waals surface area contributed by atoms with Crippen LogP contribution >= 0.6 is 0 Å². The number of carbonyl (C=O) groups excluding carboxylic acids is 2. The van der Waals surface area contributed by atoms with Crippen molar-refractivity contribution < 1.29 is 19.4 Å². The third-order valence-corrected chi connectivity index (χ3v) is 1.70. The first-order valence-corrected chi connectivity index (χ1v) is 3.54. The monoisotopic (exact) mass is 170 g/mol. The average Bonchev–Trinajstić information content (AvgIpc) is 2.02. The number of Topliss-reactive ketones (excluding diaryl/α,β-unsaturated/α-hetero) is 2. The second-order valence-corrected chi connectivity index (χ2v) is 2.90. The molecule has 12 heavy (non-hydrogen) atoms. The summed E-state index contributed by atoms with van der Waals surface area (Å²) in [5.41, 5.74) is -0.0417. The van der Waals surface area contributed by atoms with E-state index in [9.17, 15) is 14.7 Å². The van der Waals surface area contributed by atoms with Crippen molar-refractivity contribution in [2.75, 3.05) is 0 Å². The van der Waals surface area contributed by atoms with Crippen LogP contribution in [-0.4, -0.2) is 22.5 Å². The van der Waals surface area contributed by atoms with Gasteiger partial charge in [-0.15, -0.1) is 0 Å². The molecule has 0 fully saturated rings. The molecule has 1 rings (SSSR count). The standard InChI is InChI=1S/C8H10O4/c1-4(9)6-5(2)12-8(3,11)7(6)10/h11H,1-3H3. The van der Waals surface area contributed by atoms with Crippen LogP contribution in [0.3, 0.4) is 0 Å². The van der Waals surface area contributed by atoms with Crippen LogP contribution in [0.5, 0.6) is 0 Å². The van der Waals surface area contributed by atoms with Crippen molar-refractivity contribution in [2.24, 2.45) is 0 Å². The number of hydrogen-bond donors (Lipinski definition) is 1. The van der Waals surface area contributed by atoms with Crippen molar-refractivity contribution >= 4 is 11.6 Å². The van der Waals surface area contributed by atoms with Crippen LogP contribution < -0.4 is 0 Å². The Morgan fingerprint density at radius 1 is 1.58 bits per heavy atom. The third-order valence-electron chi connectivity index (χ3n) is 1.70. The van der Waals surface area contributed by atoms with E-state index in [0.717, 1.165) is 0 Å². The average molecular weight is 170 g/mol. The van der Waals surface area contributed by atoms with E-state index < -0.39 is 11.6 Å². The molecule has 1 atom stereocenters. The number of carbonyl (C=O) groups is 2. The van der Waals surface area contributed by atoms with Gasteiger partial charge in [-0.2, -0.15) is 0 Å². The van der Waals surface area contributed by atoms with Crippen LogP contribution in [-0.2, 0) is 14.3 Å². The summed E-state index contributed by atoms with van der Waals surface area (Å²) in [5.74, 6) is -2.70. The maximum absolute atomic E-state index is 11.2. The fourth-order valence-corrected chi connectivity index (χ4v) is 1.20. The number of ether oxygens (including phenoxy) is 1. The second-order valence-electron chi connectivity index (χ2n) is 2.90. The Balaban J connectivity index is 3.10. The van der Waals surface area contributed by atoms with Crippen LogP contribution in [0, 0.1) is 0 Å². The lowest BCUT2D eigenvalue weighted by Crippen LogP contribution is -2.34. The molecule has 0 amide bonds. The molecule has 0 radical (unpaired) electrons. The highest BCUT2D eigenvalue weighted by Crippen LogP contribution is 2.28. The van der Waals surface area contributed by atoms with E-state index in [1.54, 1.807) is 0 Å². The topological polar surface area (TPSA) is 63.6 Å². The van der Waals surface area contributed by atoms with E-state index >= 15 is 0 Å². The minimum atomic E-state index is -1.86. The van der Waals surface area contributed by atoms with Crippen LogP contribution in [0.15, 0.2) is 11.3 Å². The molecule has 1 unspecified atom stereocenters. The van der Waals surface area contributed by atoms with Crippen molar-refractivity contribution in [3.63, 3.8) is 0 Å². The van der Waals surface area contributed by atoms with Gasteiger partial charge in [0.1, 0.15) is 11.3 Å². The smallest absolute Gasteiger partial charge is 0.269 e. The third kappa shape index (κ3) is 1.14. The molecule has 1 aliphatic rings. The maximum Gasteiger partial charge on any atom is 0.269 e. The van der Waals surface area contributed by atoms with Crippen molar-refractivity contribution in [1.82, 2.24) is 0 Å². The Hall–Kier alpha value is -1.16. The summed E-state index contributed by atoms with van der Waals surface area (Å²) in [6, 6.07) is 0. The molecule has 0 aliphatic carbocycles. The minimum Gasteiger partial charge on any atom is -0.459 e. The van der Waals surface area contributed by atoms with Gasteiger partial charge < -0.3 is 9.84 Å². The van der Waals surface area contributed by atoms with E-state index in [-0.39, 0.29) is 17.1 Å². The number of ketones is 2. The van der Waals surface area contributed by atoms with Crippen molar-refractivity contribution in [3.8, 4) is 0 Å². The Labute approximate surface area is 69.8 Å². The van der Waals surface area contributed by atoms with Crippen LogP contribution in [0.4, 0.5) is 0 Å². The molecule has 1 aliphatic heterocycles. The highest BCUT2D eigenvalue weighted by atomic mass is 16.6. The largest absolute Gasteiger partial charge is 0.459 e. The molecule has 0 spiro atoms. The Morgan fingerprint density at radius 3 is 2.25 bits per heavy atom. The van der Waals surface area contributed by atoms with Gasteiger partial charge in [0.2, 0.25) is 5.78 Å². The van der Waals surface area contributed by atoms with E-state index in [1.807, 2.05) is 0 Å². The summed E-state index contributed by atoms with van der Waals surface area (Å²) < 4.78 is 4.80. The summed E-state index contributed by atoms with van der Waals surface area (Å²) >= 11 is 0. The zero-order valence-electron chi connectivity index (χ0n) is 7.17. The Bertz CT molecular complexity index is 285. The molecule has 0 aromatic carbocycles. The van der Waals surface area contributed by atoms with Gasteiger partial charge in [0, 0.05) is 6.92 Å². The maximum atomic E-state index is 11.2. The molecule has 1 heterocycles. The van der Waals surface area contributed by atoms with Gasteiger partial charge in [-0.25, -0.2) is 0 Å². The predicted molar refractivity (Wildman–Crippen MR) is 40.1 cm³/mol. The number of aliphatic hydroxyl groups is 1. The molecule has 0 saturated carbocycles. The lowest BCUT2D eigenvalue weighted by Gasteiger charge is -2.14. The molecule has 0 aromatic heterocycles. The first-order chi connectivity index (χ1) is 5.36. The summed E-state index contributed by atoms with van der Waals surface area (Å²) in [7, 11) is 0. The lowest BCUT2D eigenvalue weighted by atomic mass is 10.0. The first-order valence-electron chi connectivity index (χ1n) is 3.54. The molecule has 0 saturated heterocycles. The molecule has 4 nitrogen and oxygen atoms in total. The number of rotatable bonds is 1. The van der Waals surface area contributed by atoms with E-state index in [0.29, 0.717) is 0 Å². The minimum absolute atomic E-state index is 0.0417. The highest BCUT2D eigenvalue weighted by Gasteiger charge is 2.44. The molecule has 1 N–H and O–H groups in total. The fraction of sp³-hybridized carbons (Fsp3) is 0.500. The summed E-state index contributed by atoms with van der Waals surface area (Å²) in [4.78, 5) is 22.1. The molecule has 0 aromatic rings. The zero-order valence-corrected chi connectivity index (χ0v) is 7.17. The summed E-state index contributed by atoms with van der Waals surface area (Å²) in [6.45, 7) is 3.96. The Morgan fingerprint density at radius 2 is 2.08 bits per heavy atom. The van der Waals surface area contributed by atoms with Crippen LogP contribution in [0.25, 0.3) is 0 Å². The van der Waals surface area contributed by atoms with Crippen molar-refractivity contribution in [3.05, 3.63) is 11.3 Å². The van der Waals surface area contributed by atoms with Gasteiger partial charge in [-0.05, 0) is 13.8 Å². The lowest BCUT2D eigenvalue weighted by molar-refractivity contribution is -0.169. The van der Waals surface area contributed by atoms with Crippen molar-refractivity contribution in [1.29, 1.82) is 0 Å². The molecular weight excluding hydrogens is 160 g/mol. The first kappa shape index (κ1) is 8.93. The van der Waals surface area contributed by atoms with Crippen molar-refractivity contribution in [2.45, 2.75) is 26.6 Å². The van der Waals surface area contributed by atoms with Crippen LogP contribution in [0.2, 0.25) is 0 Å². The van der Waals surface area contributed by atoms with Gasteiger partial charge in [-0.1, -0.05) is 0 Å². The van der Waals surface area contributed by atoms with Crippen LogP contribution in [0.1, 0.15) is 20.8 Å². The fourth-order valence-electron chi connectivity index (χ4n) is 1.20. The number of hydrogen-bond acceptors (Lipinski definition) is 4. The molecular formula is C8H10O4. The van der Waals surface area contributed by atoms with Gasteiger partial charge in [-0.3, -0.25) is 9.59 Å². The quantitative estimate of drug-likeness (QED) is 0.569.